The quantitative estimate of drug-likeness (QED) is 0.468. The highest BCUT2D eigenvalue weighted by Crippen LogP contribution is 2.30. The Bertz CT molecular complexity index is 995. The number of anilines is 1. The standard InChI is InChI=1S/C21H25ClN6O3/c1-3-18(14-8-10-27(2)11-9-14)28-19(23-13-29)16(12-24-28)21(31)26-25-20(30)15-6-4-5-7-17(15)22/h3-7,12-14H,8-11H2,1-2H3,(H,23,29)(H,25,30)(H,26,31)/b18-3-. The monoisotopic (exact) mass is 444 g/mol. The first-order chi connectivity index (χ1) is 15.0. The van der Waals surface area contributed by atoms with E-state index < -0.39 is 11.8 Å². The van der Waals surface area contributed by atoms with Gasteiger partial charge in [0, 0.05) is 11.6 Å². The molecule has 1 aliphatic heterocycles. The molecule has 1 aliphatic rings. The highest BCUT2D eigenvalue weighted by atomic mass is 35.5. The molecule has 3 N–H and O–H groups in total. The summed E-state index contributed by atoms with van der Waals surface area (Å²) in [5.41, 5.74) is 5.94. The van der Waals surface area contributed by atoms with Gasteiger partial charge in [0.25, 0.3) is 11.8 Å². The number of allylic oxidation sites excluding steroid dienone is 2. The molecule has 2 aromatic rings. The van der Waals surface area contributed by atoms with E-state index in [1.165, 1.54) is 6.20 Å². The summed E-state index contributed by atoms with van der Waals surface area (Å²) in [7, 11) is 2.08. The maximum absolute atomic E-state index is 12.7. The Labute approximate surface area is 185 Å². The van der Waals surface area contributed by atoms with E-state index in [1.807, 2.05) is 13.0 Å². The van der Waals surface area contributed by atoms with Crippen molar-refractivity contribution in [1.29, 1.82) is 0 Å². The van der Waals surface area contributed by atoms with Gasteiger partial charge in [-0.3, -0.25) is 25.2 Å². The third-order valence-electron chi connectivity index (χ3n) is 5.29. The highest BCUT2D eigenvalue weighted by Gasteiger charge is 2.26. The second-order valence-electron chi connectivity index (χ2n) is 7.26. The number of carbonyl (C=O) groups is 3. The Balaban J connectivity index is 1.77. The summed E-state index contributed by atoms with van der Waals surface area (Å²) in [5, 5.41) is 7.18. The number of benzene rings is 1. The van der Waals surface area contributed by atoms with Crippen molar-refractivity contribution in [3.8, 4) is 0 Å². The molecule has 1 fully saturated rings. The van der Waals surface area contributed by atoms with E-state index >= 15 is 0 Å². The lowest BCUT2D eigenvalue weighted by molar-refractivity contribution is -0.105. The number of likely N-dealkylation sites (tertiary alicyclic amines) is 1. The van der Waals surface area contributed by atoms with Crippen LogP contribution >= 0.6 is 11.6 Å². The Kier molecular flexibility index (Phi) is 7.43. The lowest BCUT2D eigenvalue weighted by atomic mass is 9.93. The summed E-state index contributed by atoms with van der Waals surface area (Å²) in [4.78, 5) is 38.5. The van der Waals surface area contributed by atoms with Gasteiger partial charge in [-0.25, -0.2) is 4.68 Å². The second-order valence-corrected chi connectivity index (χ2v) is 7.67. The van der Waals surface area contributed by atoms with E-state index in [9.17, 15) is 14.4 Å². The summed E-state index contributed by atoms with van der Waals surface area (Å²) in [6, 6.07) is 6.49. The number of halogens is 1. The number of piperidine rings is 1. The van der Waals surface area contributed by atoms with Crippen LogP contribution in [0.4, 0.5) is 5.82 Å². The van der Waals surface area contributed by atoms with Gasteiger partial charge in [0.05, 0.1) is 16.8 Å². The molecular formula is C21H25ClN6O3. The number of amides is 3. The molecule has 0 aliphatic carbocycles. The van der Waals surface area contributed by atoms with E-state index in [1.54, 1.807) is 28.9 Å². The summed E-state index contributed by atoms with van der Waals surface area (Å²) >= 11 is 6.01. The number of hydrogen-bond acceptors (Lipinski definition) is 5. The smallest absolute Gasteiger partial charge is 0.275 e. The van der Waals surface area contributed by atoms with Crippen molar-refractivity contribution >= 4 is 41.3 Å². The third kappa shape index (κ3) is 5.12. The van der Waals surface area contributed by atoms with Gasteiger partial charge >= 0.3 is 0 Å². The minimum absolute atomic E-state index is 0.124. The molecule has 3 amide bonds. The van der Waals surface area contributed by atoms with Crippen LogP contribution in [0, 0.1) is 5.92 Å². The Morgan fingerprint density at radius 1 is 1.13 bits per heavy atom. The van der Waals surface area contributed by atoms with Crippen molar-refractivity contribution < 1.29 is 14.4 Å². The van der Waals surface area contributed by atoms with Gasteiger partial charge < -0.3 is 10.2 Å². The van der Waals surface area contributed by atoms with Crippen LogP contribution in [0.5, 0.6) is 0 Å². The van der Waals surface area contributed by atoms with Crippen molar-refractivity contribution in [2.24, 2.45) is 5.92 Å². The maximum Gasteiger partial charge on any atom is 0.275 e. The van der Waals surface area contributed by atoms with Crippen molar-refractivity contribution in [3.63, 3.8) is 0 Å². The van der Waals surface area contributed by atoms with E-state index in [0.717, 1.165) is 31.6 Å². The number of carbonyl (C=O) groups excluding carboxylic acids is 3. The van der Waals surface area contributed by atoms with Crippen LogP contribution in [-0.4, -0.2) is 53.0 Å². The molecule has 0 radical (unpaired) electrons. The van der Waals surface area contributed by atoms with Gasteiger partial charge in [-0.2, -0.15) is 5.10 Å². The number of nitrogens with zero attached hydrogens (tertiary/aromatic N) is 3. The van der Waals surface area contributed by atoms with E-state index in [2.05, 4.69) is 33.2 Å². The molecule has 0 atom stereocenters. The first-order valence-electron chi connectivity index (χ1n) is 9.94. The van der Waals surface area contributed by atoms with E-state index in [0.29, 0.717) is 6.41 Å². The molecule has 1 saturated heterocycles. The van der Waals surface area contributed by atoms with Gasteiger partial charge in [-0.05, 0) is 52.0 Å². The average Bonchev–Trinajstić information content (AvgIpc) is 3.18. The first kappa shape index (κ1) is 22.5. The number of hydrazine groups is 1. The first-order valence-corrected chi connectivity index (χ1v) is 10.3. The SMILES string of the molecule is C/C=C(/C1CCN(C)CC1)n1ncc(C(=O)NNC(=O)c2ccccc2Cl)c1NC=O. The molecule has 0 saturated carbocycles. The van der Waals surface area contributed by atoms with Crippen molar-refractivity contribution in [3.05, 3.63) is 52.7 Å². The fraction of sp³-hybridized carbons (Fsp3) is 0.333. The van der Waals surface area contributed by atoms with Gasteiger partial charge in [0.1, 0.15) is 11.4 Å². The Morgan fingerprint density at radius 3 is 2.39 bits per heavy atom. The normalized spacial score (nSPS) is 15.4. The van der Waals surface area contributed by atoms with Crippen LogP contribution in [0.25, 0.3) is 5.70 Å². The molecule has 2 heterocycles. The van der Waals surface area contributed by atoms with Crippen LogP contribution in [0.2, 0.25) is 5.02 Å². The average molecular weight is 445 g/mol. The van der Waals surface area contributed by atoms with Crippen LogP contribution in [0.15, 0.2) is 36.5 Å². The van der Waals surface area contributed by atoms with Crippen molar-refractivity contribution in [1.82, 2.24) is 25.5 Å². The number of rotatable bonds is 6. The fourth-order valence-corrected chi connectivity index (χ4v) is 3.86. The largest absolute Gasteiger partial charge is 0.313 e. The summed E-state index contributed by atoms with van der Waals surface area (Å²) in [6.07, 6.45) is 5.70. The Hall–Kier alpha value is -3.17. The molecule has 164 valence electrons. The molecule has 3 rings (SSSR count). The Morgan fingerprint density at radius 2 is 1.77 bits per heavy atom. The number of aromatic nitrogens is 2. The molecule has 9 nitrogen and oxygen atoms in total. The van der Waals surface area contributed by atoms with Crippen molar-refractivity contribution in [2.75, 3.05) is 25.5 Å². The zero-order valence-corrected chi connectivity index (χ0v) is 18.1. The fourth-order valence-electron chi connectivity index (χ4n) is 3.63. The second kappa shape index (κ2) is 10.2. The minimum atomic E-state index is -0.616. The van der Waals surface area contributed by atoms with Gasteiger partial charge in [0.15, 0.2) is 0 Å². The summed E-state index contributed by atoms with van der Waals surface area (Å²) in [5.74, 6) is -0.679. The van der Waals surface area contributed by atoms with Crippen LogP contribution in [0.3, 0.4) is 0 Å². The molecule has 0 unspecified atom stereocenters. The summed E-state index contributed by atoms with van der Waals surface area (Å²) in [6.45, 7) is 3.83. The molecule has 0 bridgehead atoms. The zero-order valence-electron chi connectivity index (χ0n) is 17.4. The van der Waals surface area contributed by atoms with Gasteiger partial charge in [-0.1, -0.05) is 29.8 Å². The molecule has 31 heavy (non-hydrogen) atoms. The zero-order chi connectivity index (χ0) is 22.4. The lowest BCUT2D eigenvalue weighted by Gasteiger charge is -2.30. The molecule has 10 heteroatoms. The highest BCUT2D eigenvalue weighted by molar-refractivity contribution is 6.33. The molecule has 1 aromatic carbocycles. The maximum atomic E-state index is 12.7. The predicted molar refractivity (Wildman–Crippen MR) is 118 cm³/mol. The molecule has 1 aromatic heterocycles. The van der Waals surface area contributed by atoms with Gasteiger partial charge in [0.2, 0.25) is 6.41 Å². The van der Waals surface area contributed by atoms with Gasteiger partial charge in [-0.15, -0.1) is 0 Å². The van der Waals surface area contributed by atoms with E-state index in [4.69, 9.17) is 11.6 Å². The lowest BCUT2D eigenvalue weighted by Crippen LogP contribution is -2.41. The van der Waals surface area contributed by atoms with Crippen molar-refractivity contribution in [2.45, 2.75) is 19.8 Å². The minimum Gasteiger partial charge on any atom is -0.313 e. The van der Waals surface area contributed by atoms with Crippen LogP contribution < -0.4 is 16.2 Å². The third-order valence-corrected chi connectivity index (χ3v) is 5.62. The summed E-state index contributed by atoms with van der Waals surface area (Å²) < 4.78 is 1.58. The van der Waals surface area contributed by atoms with E-state index in [-0.39, 0.29) is 27.9 Å². The number of nitrogens with one attached hydrogen (secondary N) is 3. The topological polar surface area (TPSA) is 108 Å². The predicted octanol–water partition coefficient (Wildman–Crippen LogP) is 2.38. The van der Waals surface area contributed by atoms with Crippen LogP contribution in [0.1, 0.15) is 40.5 Å². The number of hydrogen-bond donors (Lipinski definition) is 3. The molecule has 0 spiro atoms. The molecular weight excluding hydrogens is 420 g/mol. The van der Waals surface area contributed by atoms with Crippen LogP contribution in [-0.2, 0) is 4.79 Å².